The number of aromatic nitrogens is 1. The standard InChI is InChI=1S/C9H11BrN2O3/c10-5-1-2-6-11-7-8(12(14)15)3-4-9(11)13/h3-4,7H,1-2,5-6H2. The van der Waals surface area contributed by atoms with Crippen LogP contribution in [0.15, 0.2) is 23.1 Å². The van der Waals surface area contributed by atoms with Gasteiger partial charge in [0.1, 0.15) is 0 Å². The normalized spacial score (nSPS) is 10.2. The van der Waals surface area contributed by atoms with Crippen LogP contribution >= 0.6 is 15.9 Å². The van der Waals surface area contributed by atoms with Crippen molar-refractivity contribution in [2.45, 2.75) is 19.4 Å². The van der Waals surface area contributed by atoms with Gasteiger partial charge in [-0.05, 0) is 12.8 Å². The van der Waals surface area contributed by atoms with Crippen LogP contribution in [0.3, 0.4) is 0 Å². The van der Waals surface area contributed by atoms with E-state index in [9.17, 15) is 14.9 Å². The molecule has 5 nitrogen and oxygen atoms in total. The van der Waals surface area contributed by atoms with Crippen molar-refractivity contribution in [1.29, 1.82) is 0 Å². The Kier molecular flexibility index (Phi) is 4.48. The van der Waals surface area contributed by atoms with Crippen LogP contribution in [-0.4, -0.2) is 14.8 Å². The molecule has 0 spiro atoms. The van der Waals surface area contributed by atoms with E-state index in [1.54, 1.807) is 0 Å². The van der Waals surface area contributed by atoms with Gasteiger partial charge < -0.3 is 4.57 Å². The van der Waals surface area contributed by atoms with Gasteiger partial charge in [0.05, 0.1) is 11.1 Å². The van der Waals surface area contributed by atoms with Crippen molar-refractivity contribution < 1.29 is 4.92 Å². The number of nitro groups is 1. The predicted molar refractivity (Wildman–Crippen MR) is 60.4 cm³/mol. The first kappa shape index (κ1) is 11.9. The highest BCUT2D eigenvalue weighted by atomic mass is 79.9. The van der Waals surface area contributed by atoms with Crippen LogP contribution in [0.4, 0.5) is 5.69 Å². The van der Waals surface area contributed by atoms with Gasteiger partial charge >= 0.3 is 0 Å². The summed E-state index contributed by atoms with van der Waals surface area (Å²) in [6.07, 6.45) is 3.05. The summed E-state index contributed by atoms with van der Waals surface area (Å²) in [7, 11) is 0. The van der Waals surface area contributed by atoms with Crippen LogP contribution in [0.5, 0.6) is 0 Å². The fourth-order valence-corrected chi connectivity index (χ4v) is 1.57. The molecule has 1 heterocycles. The van der Waals surface area contributed by atoms with E-state index >= 15 is 0 Å². The van der Waals surface area contributed by atoms with E-state index in [-0.39, 0.29) is 11.2 Å². The van der Waals surface area contributed by atoms with Crippen molar-refractivity contribution in [3.8, 4) is 0 Å². The van der Waals surface area contributed by atoms with Crippen LogP contribution in [0.1, 0.15) is 12.8 Å². The molecule has 0 bridgehead atoms. The zero-order chi connectivity index (χ0) is 11.3. The number of halogens is 1. The fourth-order valence-electron chi connectivity index (χ4n) is 1.18. The molecule has 0 aliphatic rings. The number of rotatable bonds is 5. The third-order valence-electron chi connectivity index (χ3n) is 1.96. The molecule has 1 aromatic heterocycles. The van der Waals surface area contributed by atoms with Gasteiger partial charge in [0, 0.05) is 24.0 Å². The van der Waals surface area contributed by atoms with Crippen molar-refractivity contribution in [3.05, 3.63) is 38.8 Å². The summed E-state index contributed by atoms with van der Waals surface area (Å²) < 4.78 is 1.38. The zero-order valence-electron chi connectivity index (χ0n) is 8.06. The van der Waals surface area contributed by atoms with E-state index in [1.807, 2.05) is 0 Å². The van der Waals surface area contributed by atoms with Crippen molar-refractivity contribution in [2.75, 3.05) is 5.33 Å². The van der Waals surface area contributed by atoms with E-state index in [2.05, 4.69) is 15.9 Å². The second-order valence-corrected chi connectivity index (χ2v) is 3.87. The van der Waals surface area contributed by atoms with Crippen molar-refractivity contribution >= 4 is 21.6 Å². The summed E-state index contributed by atoms with van der Waals surface area (Å²) in [6.45, 7) is 0.520. The first-order valence-corrected chi connectivity index (χ1v) is 5.68. The molecule has 0 aliphatic carbocycles. The molecule has 0 aromatic carbocycles. The lowest BCUT2D eigenvalue weighted by atomic mass is 10.3. The molecule has 15 heavy (non-hydrogen) atoms. The molecule has 6 heteroatoms. The lowest BCUT2D eigenvalue weighted by Crippen LogP contribution is -2.18. The molecule has 0 radical (unpaired) electrons. The molecule has 0 N–H and O–H groups in total. The highest BCUT2D eigenvalue weighted by Gasteiger charge is 2.06. The molecular weight excluding hydrogens is 264 g/mol. The van der Waals surface area contributed by atoms with Gasteiger partial charge in [0.2, 0.25) is 0 Å². The SMILES string of the molecule is O=c1ccc([N+](=O)[O-])cn1CCCCBr. The Balaban J connectivity index is 2.81. The second-order valence-electron chi connectivity index (χ2n) is 3.07. The maximum atomic E-state index is 11.3. The lowest BCUT2D eigenvalue weighted by molar-refractivity contribution is -0.385. The monoisotopic (exact) mass is 274 g/mol. The highest BCUT2D eigenvalue weighted by molar-refractivity contribution is 9.09. The maximum Gasteiger partial charge on any atom is 0.285 e. The Labute approximate surface area is 95.0 Å². The minimum absolute atomic E-state index is 0.0477. The van der Waals surface area contributed by atoms with Crippen molar-refractivity contribution in [2.24, 2.45) is 0 Å². The average Bonchev–Trinajstić information content (AvgIpc) is 2.20. The van der Waals surface area contributed by atoms with E-state index in [4.69, 9.17) is 0 Å². The smallest absolute Gasteiger partial charge is 0.285 e. The first-order chi connectivity index (χ1) is 7.15. The Hall–Kier alpha value is -1.17. The molecule has 82 valence electrons. The fraction of sp³-hybridized carbons (Fsp3) is 0.444. The summed E-state index contributed by atoms with van der Waals surface area (Å²) in [4.78, 5) is 21.3. The predicted octanol–water partition coefficient (Wildman–Crippen LogP) is 1.93. The summed E-state index contributed by atoms with van der Waals surface area (Å²) in [6, 6.07) is 2.45. The summed E-state index contributed by atoms with van der Waals surface area (Å²) in [5, 5.41) is 11.3. The molecule has 1 rings (SSSR count). The number of hydrogen-bond acceptors (Lipinski definition) is 3. The van der Waals surface area contributed by atoms with E-state index in [1.165, 1.54) is 22.9 Å². The van der Waals surface area contributed by atoms with Gasteiger partial charge in [-0.25, -0.2) is 0 Å². The zero-order valence-corrected chi connectivity index (χ0v) is 9.64. The van der Waals surface area contributed by atoms with Crippen molar-refractivity contribution in [1.82, 2.24) is 4.57 Å². The Morgan fingerprint density at radius 2 is 2.13 bits per heavy atom. The van der Waals surface area contributed by atoms with Gasteiger partial charge in [0.15, 0.2) is 0 Å². The number of pyridine rings is 1. The van der Waals surface area contributed by atoms with Crippen molar-refractivity contribution in [3.63, 3.8) is 0 Å². The molecule has 0 aliphatic heterocycles. The molecule has 1 aromatic rings. The number of nitrogens with zero attached hydrogens (tertiary/aromatic N) is 2. The second kappa shape index (κ2) is 5.65. The molecule has 0 amide bonds. The first-order valence-electron chi connectivity index (χ1n) is 4.56. The van der Waals surface area contributed by atoms with Crippen LogP contribution in [0, 0.1) is 10.1 Å². The summed E-state index contributed by atoms with van der Waals surface area (Å²) in [5.74, 6) is 0. The molecule has 0 unspecified atom stereocenters. The molecule has 0 atom stereocenters. The van der Waals surface area contributed by atoms with Crippen LogP contribution < -0.4 is 5.56 Å². The van der Waals surface area contributed by atoms with Gasteiger partial charge in [-0.15, -0.1) is 0 Å². The minimum Gasteiger partial charge on any atom is -0.309 e. The van der Waals surface area contributed by atoms with Gasteiger partial charge in [-0.2, -0.15) is 0 Å². The summed E-state index contributed by atoms with van der Waals surface area (Å²) >= 11 is 3.28. The number of aryl methyl sites for hydroxylation is 1. The lowest BCUT2D eigenvalue weighted by Gasteiger charge is -2.03. The van der Waals surface area contributed by atoms with E-state index in [0.717, 1.165) is 18.2 Å². The van der Waals surface area contributed by atoms with Crippen LogP contribution in [0.2, 0.25) is 0 Å². The Bertz CT molecular complexity index is 403. The van der Waals surface area contributed by atoms with Crippen LogP contribution in [-0.2, 0) is 6.54 Å². The third kappa shape index (κ3) is 3.47. The number of unbranched alkanes of at least 4 members (excludes halogenated alkanes) is 1. The highest BCUT2D eigenvalue weighted by Crippen LogP contribution is 2.07. The molecule has 0 fully saturated rings. The number of alkyl halides is 1. The third-order valence-corrected chi connectivity index (χ3v) is 2.52. The largest absolute Gasteiger partial charge is 0.309 e. The summed E-state index contributed by atoms with van der Waals surface area (Å²) in [5.41, 5.74) is -0.247. The van der Waals surface area contributed by atoms with Crippen LogP contribution in [0.25, 0.3) is 0 Å². The van der Waals surface area contributed by atoms with E-state index < -0.39 is 4.92 Å². The van der Waals surface area contributed by atoms with Gasteiger partial charge in [-0.1, -0.05) is 15.9 Å². The van der Waals surface area contributed by atoms with Gasteiger partial charge in [-0.3, -0.25) is 14.9 Å². The maximum absolute atomic E-state index is 11.3. The molecule has 0 saturated carbocycles. The Morgan fingerprint density at radius 3 is 2.73 bits per heavy atom. The average molecular weight is 275 g/mol. The number of hydrogen-bond donors (Lipinski definition) is 0. The topological polar surface area (TPSA) is 65.1 Å². The van der Waals surface area contributed by atoms with Gasteiger partial charge in [0.25, 0.3) is 11.2 Å². The molecular formula is C9H11BrN2O3. The van der Waals surface area contributed by atoms with E-state index in [0.29, 0.717) is 6.54 Å². The minimum atomic E-state index is -0.500. The Morgan fingerprint density at radius 1 is 1.40 bits per heavy atom. The quantitative estimate of drug-likeness (QED) is 0.357. The molecule has 0 saturated heterocycles.